The van der Waals surface area contributed by atoms with Gasteiger partial charge in [-0.1, -0.05) is 0 Å². The SMILES string of the molecule is CC(=O)Nc1ccc2c(C(F)(F)F)cc(C(F)(F)F)nc2n1. The molecule has 0 aliphatic rings. The minimum Gasteiger partial charge on any atom is -0.311 e. The van der Waals surface area contributed by atoms with E-state index in [1.807, 2.05) is 0 Å². The molecular weight excluding hydrogens is 316 g/mol. The Labute approximate surface area is 119 Å². The van der Waals surface area contributed by atoms with Crippen molar-refractivity contribution >= 4 is 22.8 Å². The number of hydrogen-bond donors (Lipinski definition) is 1. The standard InChI is InChI=1S/C12H7F6N3O/c1-5(22)19-9-3-2-6-7(11(13,14)15)4-8(12(16,17)18)20-10(6)21-9/h2-4H,1H3,(H,19,20,21,22). The largest absolute Gasteiger partial charge is 0.433 e. The van der Waals surface area contributed by atoms with E-state index < -0.39 is 40.6 Å². The Hall–Kier alpha value is -2.39. The van der Waals surface area contributed by atoms with E-state index in [0.29, 0.717) is 0 Å². The van der Waals surface area contributed by atoms with Crippen LogP contribution in [0.4, 0.5) is 32.2 Å². The number of pyridine rings is 2. The summed E-state index contributed by atoms with van der Waals surface area (Å²) in [7, 11) is 0. The van der Waals surface area contributed by atoms with Crippen LogP contribution >= 0.6 is 0 Å². The maximum Gasteiger partial charge on any atom is 0.433 e. The van der Waals surface area contributed by atoms with Crippen LogP contribution in [0.2, 0.25) is 0 Å². The molecule has 2 aromatic rings. The van der Waals surface area contributed by atoms with Gasteiger partial charge >= 0.3 is 12.4 Å². The monoisotopic (exact) mass is 323 g/mol. The molecule has 0 bridgehead atoms. The molecule has 0 saturated heterocycles. The Kier molecular flexibility index (Phi) is 3.71. The van der Waals surface area contributed by atoms with Crippen molar-refractivity contribution in [2.24, 2.45) is 0 Å². The lowest BCUT2D eigenvalue weighted by Gasteiger charge is -2.14. The van der Waals surface area contributed by atoms with Crippen LogP contribution in [0, 0.1) is 0 Å². The smallest absolute Gasteiger partial charge is 0.311 e. The summed E-state index contributed by atoms with van der Waals surface area (Å²) >= 11 is 0. The van der Waals surface area contributed by atoms with E-state index in [0.717, 1.165) is 19.1 Å². The number of rotatable bonds is 1. The first-order valence-corrected chi connectivity index (χ1v) is 5.72. The predicted octanol–water partition coefficient (Wildman–Crippen LogP) is 3.63. The number of fused-ring (bicyclic) bond motifs is 1. The van der Waals surface area contributed by atoms with Crippen LogP contribution < -0.4 is 5.32 Å². The van der Waals surface area contributed by atoms with Gasteiger partial charge in [0.1, 0.15) is 11.5 Å². The molecule has 0 unspecified atom stereocenters. The first-order valence-electron chi connectivity index (χ1n) is 5.72. The molecule has 0 atom stereocenters. The van der Waals surface area contributed by atoms with E-state index in [1.54, 1.807) is 0 Å². The maximum absolute atomic E-state index is 12.9. The molecule has 0 spiro atoms. The van der Waals surface area contributed by atoms with Gasteiger partial charge in [-0.15, -0.1) is 0 Å². The Morgan fingerprint density at radius 2 is 1.68 bits per heavy atom. The van der Waals surface area contributed by atoms with Gasteiger partial charge in [-0.3, -0.25) is 4.79 Å². The summed E-state index contributed by atoms with van der Waals surface area (Å²) in [5, 5.41) is 1.57. The van der Waals surface area contributed by atoms with Crippen molar-refractivity contribution in [2.75, 3.05) is 5.32 Å². The Morgan fingerprint density at radius 1 is 1.05 bits per heavy atom. The van der Waals surface area contributed by atoms with Crippen LogP contribution in [0.1, 0.15) is 18.2 Å². The van der Waals surface area contributed by atoms with E-state index in [1.165, 1.54) is 0 Å². The first kappa shape index (κ1) is 16.0. The molecule has 0 fully saturated rings. The van der Waals surface area contributed by atoms with Gasteiger partial charge in [-0.25, -0.2) is 9.97 Å². The highest BCUT2D eigenvalue weighted by Crippen LogP contribution is 2.38. The lowest BCUT2D eigenvalue weighted by atomic mass is 10.1. The molecule has 1 amide bonds. The summed E-state index contributed by atoms with van der Waals surface area (Å²) < 4.78 is 76.7. The van der Waals surface area contributed by atoms with Gasteiger partial charge in [-0.05, 0) is 18.2 Å². The third kappa shape index (κ3) is 3.26. The van der Waals surface area contributed by atoms with Gasteiger partial charge in [0.2, 0.25) is 5.91 Å². The van der Waals surface area contributed by atoms with Crippen molar-refractivity contribution in [1.29, 1.82) is 0 Å². The number of amides is 1. The predicted molar refractivity (Wildman–Crippen MR) is 63.8 cm³/mol. The van der Waals surface area contributed by atoms with Crippen molar-refractivity contribution in [3.05, 3.63) is 29.5 Å². The maximum atomic E-state index is 12.9. The summed E-state index contributed by atoms with van der Waals surface area (Å²) in [6, 6.07) is 1.89. The van der Waals surface area contributed by atoms with Gasteiger partial charge in [0.15, 0.2) is 5.65 Å². The quantitative estimate of drug-likeness (QED) is 0.816. The van der Waals surface area contributed by atoms with E-state index in [4.69, 9.17) is 0 Å². The van der Waals surface area contributed by atoms with Crippen LogP contribution in [0.15, 0.2) is 18.2 Å². The summed E-state index contributed by atoms with van der Waals surface area (Å²) in [5.74, 6) is -0.769. The lowest BCUT2D eigenvalue weighted by molar-refractivity contribution is -0.144. The minimum atomic E-state index is -5.06. The highest BCUT2D eigenvalue weighted by atomic mass is 19.4. The van der Waals surface area contributed by atoms with Crippen molar-refractivity contribution in [3.63, 3.8) is 0 Å². The molecule has 2 heterocycles. The van der Waals surface area contributed by atoms with Gasteiger partial charge in [-0.2, -0.15) is 26.3 Å². The molecule has 0 aromatic carbocycles. The molecule has 22 heavy (non-hydrogen) atoms. The zero-order chi connectivity index (χ0) is 16.7. The first-order chi connectivity index (χ1) is 9.98. The number of carbonyl (C=O) groups excluding carboxylic acids is 1. The number of nitrogens with one attached hydrogen (secondary N) is 1. The fourth-order valence-corrected chi connectivity index (χ4v) is 1.73. The molecule has 0 radical (unpaired) electrons. The second-order valence-electron chi connectivity index (χ2n) is 4.30. The van der Waals surface area contributed by atoms with Gasteiger partial charge in [0.05, 0.1) is 5.56 Å². The van der Waals surface area contributed by atoms with Gasteiger partial charge in [0.25, 0.3) is 0 Å². The number of hydrogen-bond acceptors (Lipinski definition) is 3. The zero-order valence-corrected chi connectivity index (χ0v) is 10.8. The lowest BCUT2D eigenvalue weighted by Crippen LogP contribution is -2.15. The molecule has 2 aromatic heterocycles. The summed E-state index contributed by atoms with van der Waals surface area (Å²) in [5.41, 5.74) is -3.96. The number of anilines is 1. The Bertz CT molecular complexity index is 738. The Morgan fingerprint density at radius 3 is 2.18 bits per heavy atom. The van der Waals surface area contributed by atoms with E-state index >= 15 is 0 Å². The molecule has 0 aliphatic heterocycles. The topological polar surface area (TPSA) is 54.9 Å². The molecule has 4 nitrogen and oxygen atoms in total. The average molecular weight is 323 g/mol. The number of aromatic nitrogens is 2. The van der Waals surface area contributed by atoms with Crippen LogP contribution in [0.25, 0.3) is 11.0 Å². The highest BCUT2D eigenvalue weighted by Gasteiger charge is 2.39. The highest BCUT2D eigenvalue weighted by molar-refractivity contribution is 5.89. The molecule has 1 N–H and O–H groups in total. The number of nitrogens with zero attached hydrogens (tertiary/aromatic N) is 2. The molecule has 0 saturated carbocycles. The van der Waals surface area contributed by atoms with Crippen molar-refractivity contribution in [2.45, 2.75) is 19.3 Å². The molecule has 0 aliphatic carbocycles. The van der Waals surface area contributed by atoms with Crippen LogP contribution in [0.3, 0.4) is 0 Å². The summed E-state index contributed by atoms with van der Waals surface area (Å²) in [6.45, 7) is 1.12. The second kappa shape index (κ2) is 5.11. The van der Waals surface area contributed by atoms with Gasteiger partial charge < -0.3 is 5.32 Å². The van der Waals surface area contributed by atoms with Crippen molar-refractivity contribution in [1.82, 2.24) is 9.97 Å². The van der Waals surface area contributed by atoms with E-state index in [-0.39, 0.29) is 11.9 Å². The number of halogens is 6. The third-order valence-corrected chi connectivity index (χ3v) is 2.57. The number of alkyl halides is 6. The molecule has 118 valence electrons. The van der Waals surface area contributed by atoms with Crippen LogP contribution in [-0.2, 0) is 17.1 Å². The molecular formula is C12H7F6N3O. The summed E-state index contributed by atoms with van der Waals surface area (Å²) in [4.78, 5) is 17.5. The zero-order valence-electron chi connectivity index (χ0n) is 10.8. The van der Waals surface area contributed by atoms with Crippen molar-refractivity contribution in [3.8, 4) is 0 Å². The normalized spacial score (nSPS) is 12.5. The summed E-state index contributed by atoms with van der Waals surface area (Å²) in [6.07, 6.45) is -10.1. The average Bonchev–Trinajstić information content (AvgIpc) is 2.34. The fraction of sp³-hybridized carbons (Fsp3) is 0.250. The van der Waals surface area contributed by atoms with Crippen molar-refractivity contribution < 1.29 is 31.1 Å². The van der Waals surface area contributed by atoms with Gasteiger partial charge in [0, 0.05) is 12.3 Å². The minimum absolute atomic E-state index is 0.0674. The molecule has 10 heteroatoms. The second-order valence-corrected chi connectivity index (χ2v) is 4.30. The number of carbonyl (C=O) groups is 1. The fourth-order valence-electron chi connectivity index (χ4n) is 1.73. The van der Waals surface area contributed by atoms with Crippen LogP contribution in [-0.4, -0.2) is 15.9 Å². The van der Waals surface area contributed by atoms with Crippen LogP contribution in [0.5, 0.6) is 0 Å². The van der Waals surface area contributed by atoms with E-state index in [9.17, 15) is 31.1 Å². The Balaban J connectivity index is 2.74. The molecule has 2 rings (SSSR count). The third-order valence-electron chi connectivity index (χ3n) is 2.57. The van der Waals surface area contributed by atoms with E-state index in [2.05, 4.69) is 15.3 Å².